The summed E-state index contributed by atoms with van der Waals surface area (Å²) >= 11 is 2.11. The molecule has 0 bridgehead atoms. The van der Waals surface area contributed by atoms with Crippen LogP contribution in [-0.2, 0) is 17.8 Å². The van der Waals surface area contributed by atoms with Gasteiger partial charge in [-0.25, -0.2) is 4.57 Å². The van der Waals surface area contributed by atoms with Crippen LogP contribution >= 0.6 is 11.8 Å². The van der Waals surface area contributed by atoms with Crippen molar-refractivity contribution < 1.29 is 9.36 Å². The van der Waals surface area contributed by atoms with E-state index in [9.17, 15) is 4.79 Å². The van der Waals surface area contributed by atoms with Crippen molar-refractivity contribution in [2.75, 3.05) is 18.8 Å². The highest BCUT2D eigenvalue weighted by Crippen LogP contribution is 2.49. The standard InChI is InChI=1S/C26H35N2OS/c29-25-22-26(14-6-5-13-24(26)21-23-11-3-1-4-12-23)30-20-19-28(25)18-10-9-17-27-15-7-2-8-16-27/h1-4,7-8,11-12,15-16,24H,5-6,9-10,13-14,17-22H2/q+1. The summed E-state index contributed by atoms with van der Waals surface area (Å²) in [7, 11) is 0. The number of hydrogen-bond acceptors (Lipinski definition) is 2. The fourth-order valence-electron chi connectivity index (χ4n) is 5.21. The van der Waals surface area contributed by atoms with Gasteiger partial charge in [-0.15, -0.1) is 0 Å². The van der Waals surface area contributed by atoms with Gasteiger partial charge in [0.25, 0.3) is 0 Å². The fraction of sp³-hybridized carbons (Fsp3) is 0.538. The Labute approximate surface area is 185 Å². The van der Waals surface area contributed by atoms with Crippen LogP contribution in [0.25, 0.3) is 0 Å². The molecule has 2 atom stereocenters. The van der Waals surface area contributed by atoms with E-state index in [1.807, 2.05) is 0 Å². The number of carbonyl (C=O) groups excluding carboxylic acids is 1. The first-order valence-electron chi connectivity index (χ1n) is 11.6. The van der Waals surface area contributed by atoms with Crippen LogP contribution in [-0.4, -0.2) is 34.4 Å². The molecule has 1 aliphatic heterocycles. The van der Waals surface area contributed by atoms with Gasteiger partial charge >= 0.3 is 0 Å². The maximum atomic E-state index is 13.3. The van der Waals surface area contributed by atoms with E-state index < -0.39 is 0 Å². The Hall–Kier alpha value is -1.81. The fourth-order valence-corrected chi connectivity index (χ4v) is 6.88. The van der Waals surface area contributed by atoms with Crippen LogP contribution in [0.4, 0.5) is 0 Å². The van der Waals surface area contributed by atoms with Crippen molar-refractivity contribution >= 4 is 17.7 Å². The zero-order valence-corrected chi connectivity index (χ0v) is 18.9. The summed E-state index contributed by atoms with van der Waals surface area (Å²) in [4.78, 5) is 15.4. The van der Waals surface area contributed by atoms with Crippen LogP contribution < -0.4 is 4.57 Å². The highest BCUT2D eigenvalue weighted by Gasteiger charge is 2.44. The summed E-state index contributed by atoms with van der Waals surface area (Å²) in [5.41, 5.74) is 1.43. The number of hydrogen-bond donors (Lipinski definition) is 0. The first kappa shape index (κ1) is 21.4. The largest absolute Gasteiger partial charge is 0.342 e. The van der Waals surface area contributed by atoms with Gasteiger partial charge in [-0.1, -0.05) is 49.2 Å². The molecule has 3 nitrogen and oxygen atoms in total. The number of rotatable bonds is 7. The van der Waals surface area contributed by atoms with Gasteiger partial charge in [0.1, 0.15) is 6.54 Å². The van der Waals surface area contributed by atoms with E-state index in [0.29, 0.717) is 11.8 Å². The number of nitrogens with zero attached hydrogens (tertiary/aromatic N) is 2. The maximum Gasteiger partial charge on any atom is 0.224 e. The van der Waals surface area contributed by atoms with Gasteiger partial charge in [0.05, 0.1) is 0 Å². The second-order valence-electron chi connectivity index (χ2n) is 8.92. The summed E-state index contributed by atoms with van der Waals surface area (Å²) in [5.74, 6) is 2.11. The molecule has 1 aromatic heterocycles. The van der Waals surface area contributed by atoms with Crippen molar-refractivity contribution in [1.29, 1.82) is 0 Å². The van der Waals surface area contributed by atoms with Crippen LogP contribution in [0.15, 0.2) is 60.9 Å². The van der Waals surface area contributed by atoms with Crippen molar-refractivity contribution in [3.05, 3.63) is 66.5 Å². The summed E-state index contributed by atoms with van der Waals surface area (Å²) in [6.45, 7) is 2.86. The molecule has 4 rings (SSSR count). The molecular formula is C26H35N2OS+. The van der Waals surface area contributed by atoms with Gasteiger partial charge in [0.15, 0.2) is 12.4 Å². The van der Waals surface area contributed by atoms with E-state index in [1.165, 1.54) is 31.2 Å². The van der Waals surface area contributed by atoms with E-state index >= 15 is 0 Å². The Bertz CT molecular complexity index is 797. The third kappa shape index (κ3) is 5.46. The van der Waals surface area contributed by atoms with E-state index in [2.05, 4.69) is 82.2 Å². The normalized spacial score (nSPS) is 24.7. The third-order valence-corrected chi connectivity index (χ3v) is 8.54. The summed E-state index contributed by atoms with van der Waals surface area (Å²) in [6, 6.07) is 17.1. The number of unbranched alkanes of at least 4 members (excludes halogenated alkanes) is 1. The average molecular weight is 424 g/mol. The van der Waals surface area contributed by atoms with Crippen molar-refractivity contribution in [2.24, 2.45) is 5.92 Å². The number of thioether (sulfide) groups is 1. The quantitative estimate of drug-likeness (QED) is 0.468. The van der Waals surface area contributed by atoms with Crippen molar-refractivity contribution in [2.45, 2.75) is 62.7 Å². The van der Waals surface area contributed by atoms with Crippen LogP contribution in [0.5, 0.6) is 0 Å². The molecule has 1 amide bonds. The van der Waals surface area contributed by atoms with Crippen LogP contribution in [0.3, 0.4) is 0 Å². The van der Waals surface area contributed by atoms with Crippen LogP contribution in [0.2, 0.25) is 0 Å². The molecule has 0 radical (unpaired) electrons. The number of amides is 1. The minimum absolute atomic E-state index is 0.153. The van der Waals surface area contributed by atoms with E-state index in [1.54, 1.807) is 0 Å². The molecule has 1 spiro atoms. The lowest BCUT2D eigenvalue weighted by atomic mass is 9.73. The molecule has 2 heterocycles. The average Bonchev–Trinajstić information content (AvgIpc) is 2.93. The number of aromatic nitrogens is 1. The van der Waals surface area contributed by atoms with Crippen LogP contribution in [0, 0.1) is 5.92 Å². The molecule has 2 aromatic rings. The lowest BCUT2D eigenvalue weighted by Gasteiger charge is -2.43. The minimum Gasteiger partial charge on any atom is -0.342 e. The van der Waals surface area contributed by atoms with E-state index in [-0.39, 0.29) is 4.75 Å². The molecule has 1 saturated carbocycles. The first-order valence-corrected chi connectivity index (χ1v) is 12.6. The molecule has 1 saturated heterocycles. The Morgan fingerprint density at radius 3 is 2.67 bits per heavy atom. The number of pyridine rings is 1. The number of carbonyl (C=O) groups is 1. The molecule has 30 heavy (non-hydrogen) atoms. The van der Waals surface area contributed by atoms with Gasteiger partial charge in [0, 0.05) is 48.6 Å². The lowest BCUT2D eigenvalue weighted by Crippen LogP contribution is -2.42. The third-order valence-electron chi connectivity index (χ3n) is 6.90. The molecule has 2 unspecified atom stereocenters. The molecule has 1 aromatic carbocycles. The molecule has 160 valence electrons. The van der Waals surface area contributed by atoms with Crippen molar-refractivity contribution in [3.63, 3.8) is 0 Å². The second-order valence-corrected chi connectivity index (χ2v) is 10.4. The Morgan fingerprint density at radius 1 is 1.03 bits per heavy atom. The van der Waals surface area contributed by atoms with Gasteiger partial charge in [-0.3, -0.25) is 4.79 Å². The number of aryl methyl sites for hydroxylation is 1. The Kier molecular flexibility index (Phi) is 7.48. The topological polar surface area (TPSA) is 24.2 Å². The Balaban J connectivity index is 1.34. The van der Waals surface area contributed by atoms with Gasteiger partial charge in [-0.05, 0) is 37.2 Å². The van der Waals surface area contributed by atoms with Crippen molar-refractivity contribution in [3.8, 4) is 0 Å². The van der Waals surface area contributed by atoms with Crippen molar-refractivity contribution in [1.82, 2.24) is 4.90 Å². The molecule has 2 aliphatic rings. The molecule has 0 N–H and O–H groups in total. The summed E-state index contributed by atoms with van der Waals surface area (Å²) in [5, 5.41) is 0. The molecule has 2 fully saturated rings. The highest BCUT2D eigenvalue weighted by molar-refractivity contribution is 8.00. The Morgan fingerprint density at radius 2 is 1.83 bits per heavy atom. The predicted molar refractivity (Wildman–Crippen MR) is 124 cm³/mol. The monoisotopic (exact) mass is 423 g/mol. The summed E-state index contributed by atoms with van der Waals surface area (Å²) < 4.78 is 2.38. The van der Waals surface area contributed by atoms with Gasteiger partial charge < -0.3 is 4.90 Å². The smallest absolute Gasteiger partial charge is 0.224 e. The van der Waals surface area contributed by atoms with Gasteiger partial charge in [0.2, 0.25) is 5.91 Å². The zero-order valence-electron chi connectivity index (χ0n) is 18.0. The highest BCUT2D eigenvalue weighted by atomic mass is 32.2. The summed E-state index contributed by atoms with van der Waals surface area (Å²) in [6.07, 6.45) is 13.4. The maximum absolute atomic E-state index is 13.3. The zero-order chi connectivity index (χ0) is 20.7. The SMILES string of the molecule is O=C1CC2(CCCCC2Cc2ccccc2)SCCN1CCCC[n+]1ccccc1. The molecular weight excluding hydrogens is 388 g/mol. The predicted octanol–water partition coefficient (Wildman–Crippen LogP) is 4.89. The molecule has 1 aliphatic carbocycles. The van der Waals surface area contributed by atoms with Crippen LogP contribution in [0.1, 0.15) is 50.5 Å². The molecule has 4 heteroatoms. The lowest BCUT2D eigenvalue weighted by molar-refractivity contribution is -0.697. The van der Waals surface area contributed by atoms with E-state index in [0.717, 1.165) is 51.1 Å². The second kappa shape index (κ2) is 10.5. The minimum atomic E-state index is 0.153. The number of benzene rings is 1. The first-order chi connectivity index (χ1) is 14.8. The van der Waals surface area contributed by atoms with Gasteiger partial charge in [-0.2, -0.15) is 11.8 Å². The van der Waals surface area contributed by atoms with E-state index in [4.69, 9.17) is 0 Å².